The molecule has 0 saturated carbocycles. The zero-order valence-electron chi connectivity index (χ0n) is 11.8. The van der Waals surface area contributed by atoms with Gasteiger partial charge in [0, 0.05) is 18.7 Å². The van der Waals surface area contributed by atoms with Gasteiger partial charge in [-0.25, -0.2) is 9.37 Å². The fourth-order valence-corrected chi connectivity index (χ4v) is 2.00. The summed E-state index contributed by atoms with van der Waals surface area (Å²) in [7, 11) is 0. The summed E-state index contributed by atoms with van der Waals surface area (Å²) in [6.07, 6.45) is -4.18. The van der Waals surface area contributed by atoms with Gasteiger partial charge < -0.3 is 0 Å². The third-order valence-corrected chi connectivity index (χ3v) is 3.06. The number of nitrogens with zero attached hydrogens (tertiary/aromatic N) is 5. The second-order valence-electron chi connectivity index (χ2n) is 4.95. The van der Waals surface area contributed by atoms with Gasteiger partial charge in [-0.2, -0.15) is 31.6 Å². The monoisotopic (exact) mass is 347 g/mol. The molecule has 0 atom stereocenters. The normalized spacial score (nSPS) is 12.8. The minimum absolute atomic E-state index is 0.00983. The first-order chi connectivity index (χ1) is 11.1. The van der Waals surface area contributed by atoms with E-state index in [0.29, 0.717) is 13.0 Å². The number of hydrogen-bond acceptors (Lipinski definition) is 4. The Balaban J connectivity index is 2.12. The van der Waals surface area contributed by atoms with Crippen LogP contribution in [0.15, 0.2) is 24.4 Å². The molecule has 0 bridgehead atoms. The van der Waals surface area contributed by atoms with E-state index in [9.17, 15) is 26.3 Å². The Kier molecular flexibility index (Phi) is 3.46. The van der Waals surface area contributed by atoms with Crippen LogP contribution < -0.4 is 0 Å². The smallest absolute Gasteiger partial charge is 0.248 e. The van der Waals surface area contributed by atoms with Crippen molar-refractivity contribution < 1.29 is 26.3 Å². The predicted molar refractivity (Wildman–Crippen MR) is 68.5 cm³/mol. The largest absolute Gasteiger partial charge is 0.436 e. The van der Waals surface area contributed by atoms with Crippen molar-refractivity contribution in [1.82, 2.24) is 24.8 Å². The SMILES string of the molecule is CC(F)(F)c1nnc2ccc(-c3cnc(C(F)(F)F)c(F)c3)nn12. The minimum Gasteiger partial charge on any atom is -0.248 e. The van der Waals surface area contributed by atoms with Crippen LogP contribution in [0, 0.1) is 5.82 Å². The average molecular weight is 347 g/mol. The molecule has 0 spiro atoms. The molecule has 0 aromatic carbocycles. The Morgan fingerprint density at radius 1 is 1.04 bits per heavy atom. The van der Waals surface area contributed by atoms with Crippen LogP contribution in [0.2, 0.25) is 0 Å². The highest BCUT2D eigenvalue weighted by molar-refractivity contribution is 5.59. The van der Waals surface area contributed by atoms with Crippen LogP contribution in [0.5, 0.6) is 0 Å². The molecule has 3 aromatic rings. The van der Waals surface area contributed by atoms with Crippen molar-refractivity contribution in [2.24, 2.45) is 0 Å². The van der Waals surface area contributed by atoms with Crippen molar-refractivity contribution in [3.63, 3.8) is 0 Å². The number of halogens is 6. The minimum atomic E-state index is -4.94. The Bertz CT molecular complexity index is 911. The van der Waals surface area contributed by atoms with Crippen molar-refractivity contribution in [1.29, 1.82) is 0 Å². The van der Waals surface area contributed by atoms with E-state index in [2.05, 4.69) is 20.3 Å². The van der Waals surface area contributed by atoms with E-state index in [1.807, 2.05) is 0 Å². The second kappa shape index (κ2) is 5.14. The van der Waals surface area contributed by atoms with Crippen molar-refractivity contribution in [3.8, 4) is 11.3 Å². The van der Waals surface area contributed by atoms with Crippen molar-refractivity contribution in [2.75, 3.05) is 0 Å². The van der Waals surface area contributed by atoms with Crippen LogP contribution in [0.3, 0.4) is 0 Å². The molecule has 0 fully saturated rings. The Labute approximate surface area is 130 Å². The maximum Gasteiger partial charge on any atom is 0.436 e. The third-order valence-electron chi connectivity index (χ3n) is 3.06. The average Bonchev–Trinajstić information content (AvgIpc) is 2.88. The fourth-order valence-electron chi connectivity index (χ4n) is 2.00. The number of rotatable bonds is 2. The van der Waals surface area contributed by atoms with Gasteiger partial charge in [-0.1, -0.05) is 0 Å². The number of hydrogen-bond donors (Lipinski definition) is 0. The Hall–Kier alpha value is -2.72. The number of alkyl halides is 5. The van der Waals surface area contributed by atoms with Gasteiger partial charge in [-0.15, -0.1) is 10.2 Å². The molecule has 0 amide bonds. The Morgan fingerprint density at radius 3 is 2.33 bits per heavy atom. The molecule has 11 heteroatoms. The summed E-state index contributed by atoms with van der Waals surface area (Å²) < 4.78 is 78.7. The lowest BCUT2D eigenvalue weighted by Crippen LogP contribution is -2.14. The molecule has 0 N–H and O–H groups in total. The zero-order valence-corrected chi connectivity index (χ0v) is 11.8. The molecule has 0 saturated heterocycles. The maximum absolute atomic E-state index is 13.6. The molecule has 0 aliphatic carbocycles. The molecule has 3 rings (SSSR count). The van der Waals surface area contributed by atoms with Gasteiger partial charge in [0.2, 0.25) is 5.82 Å². The molecular formula is C13H7F6N5. The van der Waals surface area contributed by atoms with Crippen LogP contribution in [-0.4, -0.2) is 24.8 Å². The summed E-state index contributed by atoms with van der Waals surface area (Å²) in [6, 6.07) is 3.14. The first kappa shape index (κ1) is 16.1. The van der Waals surface area contributed by atoms with Gasteiger partial charge in [-0.3, -0.25) is 0 Å². The van der Waals surface area contributed by atoms with E-state index >= 15 is 0 Å². The predicted octanol–water partition coefficient (Wildman–Crippen LogP) is 3.46. The lowest BCUT2D eigenvalue weighted by Gasteiger charge is -2.09. The van der Waals surface area contributed by atoms with E-state index in [0.717, 1.165) is 10.7 Å². The molecule has 5 nitrogen and oxygen atoms in total. The summed E-state index contributed by atoms with van der Waals surface area (Å²) in [5, 5.41) is 10.7. The summed E-state index contributed by atoms with van der Waals surface area (Å²) in [4.78, 5) is 3.04. The zero-order chi connectivity index (χ0) is 17.7. The van der Waals surface area contributed by atoms with E-state index in [1.165, 1.54) is 12.1 Å². The van der Waals surface area contributed by atoms with E-state index in [1.54, 1.807) is 0 Å². The van der Waals surface area contributed by atoms with E-state index in [-0.39, 0.29) is 16.9 Å². The molecular weight excluding hydrogens is 340 g/mol. The molecule has 3 aromatic heterocycles. The number of aromatic nitrogens is 5. The molecule has 0 radical (unpaired) electrons. The first-order valence-electron chi connectivity index (χ1n) is 6.41. The van der Waals surface area contributed by atoms with Crippen LogP contribution in [0.1, 0.15) is 18.4 Å². The van der Waals surface area contributed by atoms with Gasteiger partial charge in [0.15, 0.2) is 17.2 Å². The van der Waals surface area contributed by atoms with Gasteiger partial charge >= 0.3 is 12.1 Å². The van der Waals surface area contributed by atoms with Crippen LogP contribution >= 0.6 is 0 Å². The molecule has 0 aliphatic rings. The summed E-state index contributed by atoms with van der Waals surface area (Å²) in [5.74, 6) is -5.68. The van der Waals surface area contributed by atoms with Crippen LogP contribution in [-0.2, 0) is 12.1 Å². The fraction of sp³-hybridized carbons (Fsp3) is 0.231. The van der Waals surface area contributed by atoms with Gasteiger partial charge in [-0.05, 0) is 18.2 Å². The van der Waals surface area contributed by atoms with Crippen molar-refractivity contribution >= 4 is 5.65 Å². The molecule has 0 unspecified atom stereocenters. The number of pyridine rings is 1. The van der Waals surface area contributed by atoms with Gasteiger partial charge in [0.05, 0.1) is 5.69 Å². The third kappa shape index (κ3) is 2.76. The highest BCUT2D eigenvalue weighted by Gasteiger charge is 2.36. The molecule has 3 heterocycles. The molecule has 24 heavy (non-hydrogen) atoms. The van der Waals surface area contributed by atoms with Crippen molar-refractivity contribution in [3.05, 3.63) is 41.7 Å². The molecule has 0 aliphatic heterocycles. The summed E-state index contributed by atoms with van der Waals surface area (Å²) in [5.41, 5.74) is -1.83. The first-order valence-corrected chi connectivity index (χ1v) is 6.41. The second-order valence-corrected chi connectivity index (χ2v) is 4.95. The maximum atomic E-state index is 13.6. The van der Waals surface area contributed by atoms with Gasteiger partial charge in [0.1, 0.15) is 0 Å². The summed E-state index contributed by atoms with van der Waals surface area (Å²) >= 11 is 0. The van der Waals surface area contributed by atoms with Crippen LogP contribution in [0.25, 0.3) is 16.9 Å². The van der Waals surface area contributed by atoms with E-state index < -0.39 is 29.4 Å². The quantitative estimate of drug-likeness (QED) is 0.666. The molecule has 126 valence electrons. The number of fused-ring (bicyclic) bond motifs is 1. The topological polar surface area (TPSA) is 56.0 Å². The van der Waals surface area contributed by atoms with E-state index in [4.69, 9.17) is 0 Å². The van der Waals surface area contributed by atoms with Gasteiger partial charge in [0.25, 0.3) is 0 Å². The Morgan fingerprint density at radius 2 is 1.75 bits per heavy atom. The summed E-state index contributed by atoms with van der Waals surface area (Å²) in [6.45, 7) is 0.594. The van der Waals surface area contributed by atoms with Crippen LogP contribution in [0.4, 0.5) is 26.3 Å². The van der Waals surface area contributed by atoms with Crippen molar-refractivity contribution in [2.45, 2.75) is 19.0 Å². The lowest BCUT2D eigenvalue weighted by atomic mass is 10.2. The highest BCUT2D eigenvalue weighted by Crippen LogP contribution is 2.31. The lowest BCUT2D eigenvalue weighted by molar-refractivity contribution is -0.143. The standard InChI is InChI=1S/C13H7F6N5/c1-12(15,16)11-22-21-9-3-2-8(23-24(9)11)6-4-7(14)10(20-5-6)13(17,18)19/h2-5H,1H3. The highest BCUT2D eigenvalue weighted by atomic mass is 19.4.